The fourth-order valence-corrected chi connectivity index (χ4v) is 1.90. The molecule has 2 N–H and O–H groups in total. The second-order valence-electron chi connectivity index (χ2n) is 5.06. The molecule has 0 aliphatic rings. The van der Waals surface area contributed by atoms with E-state index in [2.05, 4.69) is 15.6 Å². The van der Waals surface area contributed by atoms with Crippen LogP contribution in [0.5, 0.6) is 0 Å². The smallest absolute Gasteiger partial charge is 0.252 e. The summed E-state index contributed by atoms with van der Waals surface area (Å²) in [6, 6.07) is 8.83. The van der Waals surface area contributed by atoms with E-state index in [9.17, 15) is 14.0 Å². The van der Waals surface area contributed by atoms with E-state index in [0.29, 0.717) is 30.6 Å². The van der Waals surface area contributed by atoms with Crippen molar-refractivity contribution in [1.29, 1.82) is 0 Å². The maximum Gasteiger partial charge on any atom is 0.252 e. The monoisotopic (exact) mass is 315 g/mol. The van der Waals surface area contributed by atoms with E-state index >= 15 is 0 Å². The van der Waals surface area contributed by atoms with Gasteiger partial charge in [0.05, 0.1) is 5.56 Å². The van der Waals surface area contributed by atoms with Gasteiger partial charge in [-0.05, 0) is 49.7 Å². The highest BCUT2D eigenvalue weighted by atomic mass is 19.1. The standard InChI is InChI=1S/C17H18FN3O2/c1-12-3-4-14(11-21-12)17(23)20-10-2-9-19-16(22)13-5-7-15(18)8-6-13/h3-8,11H,2,9-10H2,1H3,(H,19,22)(H,20,23). The molecule has 0 unspecified atom stereocenters. The Bertz CT molecular complexity index is 610. The van der Waals surface area contributed by atoms with Crippen molar-refractivity contribution in [3.05, 3.63) is 65.2 Å². The van der Waals surface area contributed by atoms with Crippen LogP contribution in [0, 0.1) is 12.7 Å². The van der Waals surface area contributed by atoms with E-state index in [1.807, 2.05) is 6.92 Å². The maximum absolute atomic E-state index is 12.8. The molecule has 0 aliphatic carbocycles. The first-order valence-corrected chi connectivity index (χ1v) is 7.31. The molecule has 2 aromatic rings. The van der Waals surface area contributed by atoms with Crippen LogP contribution in [-0.4, -0.2) is 29.9 Å². The topological polar surface area (TPSA) is 71.1 Å². The number of nitrogens with zero attached hydrogens (tertiary/aromatic N) is 1. The van der Waals surface area contributed by atoms with Gasteiger partial charge in [-0.1, -0.05) is 0 Å². The second kappa shape index (κ2) is 8.03. The van der Waals surface area contributed by atoms with E-state index in [1.165, 1.54) is 30.5 Å². The number of pyridine rings is 1. The summed E-state index contributed by atoms with van der Waals surface area (Å²) in [6.07, 6.45) is 2.12. The Kier molecular flexibility index (Phi) is 5.80. The Morgan fingerprint density at radius 3 is 2.09 bits per heavy atom. The van der Waals surface area contributed by atoms with Gasteiger partial charge in [-0.3, -0.25) is 14.6 Å². The van der Waals surface area contributed by atoms with Crippen molar-refractivity contribution in [2.75, 3.05) is 13.1 Å². The Morgan fingerprint density at radius 2 is 1.52 bits per heavy atom. The Hall–Kier alpha value is -2.76. The average molecular weight is 315 g/mol. The number of benzene rings is 1. The molecule has 0 spiro atoms. The van der Waals surface area contributed by atoms with Crippen LogP contribution in [0.2, 0.25) is 0 Å². The molecular weight excluding hydrogens is 297 g/mol. The molecule has 0 saturated heterocycles. The Morgan fingerprint density at radius 1 is 0.957 bits per heavy atom. The van der Waals surface area contributed by atoms with Crippen LogP contribution in [-0.2, 0) is 0 Å². The minimum atomic E-state index is -0.380. The SMILES string of the molecule is Cc1ccc(C(=O)NCCCNC(=O)c2ccc(F)cc2)cn1. The summed E-state index contributed by atoms with van der Waals surface area (Å²) < 4.78 is 12.8. The summed E-state index contributed by atoms with van der Waals surface area (Å²) in [5, 5.41) is 5.47. The molecule has 0 radical (unpaired) electrons. The lowest BCUT2D eigenvalue weighted by atomic mass is 10.2. The van der Waals surface area contributed by atoms with Gasteiger partial charge in [-0.25, -0.2) is 4.39 Å². The van der Waals surface area contributed by atoms with E-state index in [-0.39, 0.29) is 17.6 Å². The lowest BCUT2D eigenvalue weighted by Gasteiger charge is -2.07. The molecule has 2 rings (SSSR count). The predicted molar refractivity (Wildman–Crippen MR) is 84.7 cm³/mol. The third-order valence-electron chi connectivity index (χ3n) is 3.20. The highest BCUT2D eigenvalue weighted by Gasteiger charge is 2.06. The van der Waals surface area contributed by atoms with Crippen molar-refractivity contribution in [3.63, 3.8) is 0 Å². The highest BCUT2D eigenvalue weighted by Crippen LogP contribution is 2.02. The summed E-state index contributed by atoms with van der Waals surface area (Å²) in [4.78, 5) is 27.7. The van der Waals surface area contributed by atoms with Gasteiger partial charge >= 0.3 is 0 Å². The van der Waals surface area contributed by atoms with Gasteiger partial charge in [0.2, 0.25) is 0 Å². The molecule has 5 nitrogen and oxygen atoms in total. The van der Waals surface area contributed by atoms with Crippen molar-refractivity contribution < 1.29 is 14.0 Å². The fraction of sp³-hybridized carbons (Fsp3) is 0.235. The van der Waals surface area contributed by atoms with Crippen LogP contribution >= 0.6 is 0 Å². The first-order valence-electron chi connectivity index (χ1n) is 7.31. The average Bonchev–Trinajstić information content (AvgIpc) is 2.55. The molecular formula is C17H18FN3O2. The van der Waals surface area contributed by atoms with Crippen LogP contribution < -0.4 is 10.6 Å². The van der Waals surface area contributed by atoms with Gasteiger partial charge in [-0.2, -0.15) is 0 Å². The van der Waals surface area contributed by atoms with Crippen LogP contribution in [0.15, 0.2) is 42.6 Å². The Balaban J connectivity index is 1.67. The van der Waals surface area contributed by atoms with Gasteiger partial charge < -0.3 is 10.6 Å². The number of carbonyl (C=O) groups excluding carboxylic acids is 2. The molecule has 1 heterocycles. The first kappa shape index (κ1) is 16.6. The van der Waals surface area contributed by atoms with Crippen molar-refractivity contribution >= 4 is 11.8 Å². The van der Waals surface area contributed by atoms with Gasteiger partial charge in [0, 0.05) is 30.5 Å². The number of halogens is 1. The normalized spacial score (nSPS) is 10.2. The number of hydrogen-bond acceptors (Lipinski definition) is 3. The summed E-state index contributed by atoms with van der Waals surface area (Å²) in [6.45, 7) is 2.71. The van der Waals surface area contributed by atoms with Gasteiger partial charge in [0.1, 0.15) is 5.82 Å². The molecule has 0 aliphatic heterocycles. The van der Waals surface area contributed by atoms with Crippen LogP contribution in [0.25, 0.3) is 0 Å². The summed E-state index contributed by atoms with van der Waals surface area (Å²) in [5.41, 5.74) is 1.76. The molecule has 1 aromatic carbocycles. The van der Waals surface area contributed by atoms with Crippen LogP contribution in [0.1, 0.15) is 32.8 Å². The number of hydrogen-bond donors (Lipinski definition) is 2. The fourth-order valence-electron chi connectivity index (χ4n) is 1.90. The zero-order valence-corrected chi connectivity index (χ0v) is 12.8. The van der Waals surface area contributed by atoms with Gasteiger partial charge in [0.15, 0.2) is 0 Å². The molecule has 1 aromatic heterocycles. The molecule has 120 valence electrons. The summed E-state index contributed by atoms with van der Waals surface area (Å²) in [5.74, 6) is -0.837. The highest BCUT2D eigenvalue weighted by molar-refractivity contribution is 5.94. The molecule has 0 bridgehead atoms. The Labute approximate surface area is 133 Å². The van der Waals surface area contributed by atoms with E-state index in [0.717, 1.165) is 5.69 Å². The third-order valence-corrected chi connectivity index (χ3v) is 3.20. The van der Waals surface area contributed by atoms with Crippen LogP contribution in [0.3, 0.4) is 0 Å². The zero-order valence-electron chi connectivity index (χ0n) is 12.8. The van der Waals surface area contributed by atoms with Crippen molar-refractivity contribution in [2.24, 2.45) is 0 Å². The molecule has 23 heavy (non-hydrogen) atoms. The minimum absolute atomic E-state index is 0.192. The summed E-state index contributed by atoms with van der Waals surface area (Å²) in [7, 11) is 0. The van der Waals surface area contributed by atoms with Crippen molar-refractivity contribution in [3.8, 4) is 0 Å². The number of amides is 2. The lowest BCUT2D eigenvalue weighted by molar-refractivity contribution is 0.0951. The minimum Gasteiger partial charge on any atom is -0.352 e. The summed E-state index contributed by atoms with van der Waals surface area (Å²) >= 11 is 0. The van der Waals surface area contributed by atoms with E-state index in [1.54, 1.807) is 12.1 Å². The first-order chi connectivity index (χ1) is 11.1. The van der Waals surface area contributed by atoms with Crippen molar-refractivity contribution in [2.45, 2.75) is 13.3 Å². The molecule has 6 heteroatoms. The van der Waals surface area contributed by atoms with Gasteiger partial charge in [0.25, 0.3) is 11.8 Å². The number of aromatic nitrogens is 1. The van der Waals surface area contributed by atoms with E-state index < -0.39 is 0 Å². The lowest BCUT2D eigenvalue weighted by Crippen LogP contribution is -2.30. The number of rotatable bonds is 6. The second-order valence-corrected chi connectivity index (χ2v) is 5.06. The molecule has 0 atom stereocenters. The molecule has 0 fully saturated rings. The quantitative estimate of drug-likeness (QED) is 0.802. The number of nitrogens with one attached hydrogen (secondary N) is 2. The molecule has 2 amide bonds. The van der Waals surface area contributed by atoms with Gasteiger partial charge in [-0.15, -0.1) is 0 Å². The number of carbonyl (C=O) groups is 2. The predicted octanol–water partition coefficient (Wildman–Crippen LogP) is 2.08. The largest absolute Gasteiger partial charge is 0.352 e. The third kappa shape index (κ3) is 5.18. The molecule has 0 saturated carbocycles. The maximum atomic E-state index is 12.8. The zero-order chi connectivity index (χ0) is 16.7. The number of aryl methyl sites for hydroxylation is 1. The van der Waals surface area contributed by atoms with E-state index in [4.69, 9.17) is 0 Å². The van der Waals surface area contributed by atoms with Crippen molar-refractivity contribution in [1.82, 2.24) is 15.6 Å². The van der Waals surface area contributed by atoms with Crippen LogP contribution in [0.4, 0.5) is 4.39 Å².